The highest BCUT2D eigenvalue weighted by molar-refractivity contribution is 7.98. The van der Waals surface area contributed by atoms with Crippen molar-refractivity contribution in [2.75, 3.05) is 12.0 Å². The maximum absolute atomic E-state index is 12.7. The number of carbonyl (C=O) groups is 4. The predicted molar refractivity (Wildman–Crippen MR) is 114 cm³/mol. The van der Waals surface area contributed by atoms with E-state index in [-0.39, 0.29) is 18.3 Å². The number of carboxylic acids is 1. The van der Waals surface area contributed by atoms with Crippen LogP contribution < -0.4 is 21.7 Å². The summed E-state index contributed by atoms with van der Waals surface area (Å²) in [7, 11) is 0. The van der Waals surface area contributed by atoms with Crippen molar-refractivity contribution in [3.63, 3.8) is 0 Å². The lowest BCUT2D eigenvalue weighted by Gasteiger charge is -2.27. The number of amides is 3. The van der Waals surface area contributed by atoms with E-state index in [1.54, 1.807) is 0 Å². The van der Waals surface area contributed by atoms with Crippen LogP contribution in [0.1, 0.15) is 47.5 Å². The molecule has 0 aliphatic carbocycles. The topological polar surface area (TPSA) is 151 Å². The molecule has 0 rings (SSSR count). The summed E-state index contributed by atoms with van der Waals surface area (Å²) >= 11 is 1.48. The van der Waals surface area contributed by atoms with Crippen molar-refractivity contribution >= 4 is 35.5 Å². The number of rotatable bonds is 13. The van der Waals surface area contributed by atoms with Crippen LogP contribution in [-0.4, -0.2) is 65.0 Å². The molecule has 0 aromatic heterocycles. The van der Waals surface area contributed by atoms with Gasteiger partial charge in [0.05, 0.1) is 6.04 Å². The van der Waals surface area contributed by atoms with Crippen LogP contribution in [0.4, 0.5) is 0 Å². The van der Waals surface area contributed by atoms with Crippen molar-refractivity contribution in [3.05, 3.63) is 0 Å². The third kappa shape index (κ3) is 9.49. The molecule has 0 bridgehead atoms. The third-order valence-corrected chi connectivity index (χ3v) is 5.44. The molecule has 0 radical (unpaired) electrons. The summed E-state index contributed by atoms with van der Waals surface area (Å²) in [5, 5.41) is 16.9. The number of aliphatic carboxylic acids is 1. The van der Waals surface area contributed by atoms with Crippen LogP contribution in [0.25, 0.3) is 0 Å². The van der Waals surface area contributed by atoms with Crippen LogP contribution in [-0.2, 0) is 19.2 Å². The van der Waals surface area contributed by atoms with Gasteiger partial charge in [0.25, 0.3) is 0 Å². The highest BCUT2D eigenvalue weighted by atomic mass is 32.2. The molecule has 0 heterocycles. The first kappa shape index (κ1) is 27.2. The van der Waals surface area contributed by atoms with Crippen LogP contribution >= 0.6 is 11.8 Å². The van der Waals surface area contributed by atoms with Crippen molar-refractivity contribution in [3.8, 4) is 0 Å². The fraction of sp³-hybridized carbons (Fsp3) is 0.789. The fourth-order valence-electron chi connectivity index (χ4n) is 2.41. The molecular weight excluding hydrogens is 396 g/mol. The van der Waals surface area contributed by atoms with E-state index in [4.69, 9.17) is 5.73 Å². The fourth-order valence-corrected chi connectivity index (χ4v) is 2.88. The van der Waals surface area contributed by atoms with Gasteiger partial charge < -0.3 is 26.8 Å². The number of thioether (sulfide) groups is 1. The van der Waals surface area contributed by atoms with E-state index in [1.807, 2.05) is 34.0 Å². The van der Waals surface area contributed by atoms with E-state index in [9.17, 15) is 24.3 Å². The van der Waals surface area contributed by atoms with E-state index in [1.165, 1.54) is 18.7 Å². The van der Waals surface area contributed by atoms with Crippen LogP contribution in [0.5, 0.6) is 0 Å². The Morgan fingerprint density at radius 3 is 2.00 bits per heavy atom. The van der Waals surface area contributed by atoms with Gasteiger partial charge in [-0.3, -0.25) is 14.4 Å². The molecular formula is C19H36N4O5S. The molecule has 0 spiro atoms. The Labute approximate surface area is 177 Å². The van der Waals surface area contributed by atoms with Gasteiger partial charge in [0.1, 0.15) is 18.1 Å². The number of hydrogen-bond acceptors (Lipinski definition) is 6. The monoisotopic (exact) mass is 432 g/mol. The Kier molecular flexibility index (Phi) is 12.6. The molecule has 0 saturated heterocycles. The molecule has 9 nitrogen and oxygen atoms in total. The molecule has 6 N–H and O–H groups in total. The lowest BCUT2D eigenvalue weighted by molar-refractivity contribution is -0.142. The zero-order valence-electron chi connectivity index (χ0n) is 18.2. The molecule has 0 aromatic rings. The minimum atomic E-state index is -1.13. The first-order chi connectivity index (χ1) is 13.5. The maximum atomic E-state index is 12.7. The van der Waals surface area contributed by atoms with Gasteiger partial charge in [-0.2, -0.15) is 11.8 Å². The van der Waals surface area contributed by atoms with Crippen molar-refractivity contribution in [2.24, 2.45) is 17.6 Å². The van der Waals surface area contributed by atoms with Gasteiger partial charge in [-0.05, 0) is 37.2 Å². The molecule has 0 aromatic carbocycles. The standard InChI is InChI=1S/C19H36N4O5S/c1-7-11(4)15(23-17(25)14(20)10(2)3)18(26)21-12(5)16(24)22-13(19(27)28)8-9-29-6/h10-15H,7-9,20H2,1-6H3,(H,21,26)(H,22,24)(H,23,25)(H,27,28). The number of nitrogens with two attached hydrogens (primary N) is 1. The Hall–Kier alpha value is -1.81. The van der Waals surface area contributed by atoms with E-state index in [0.29, 0.717) is 12.2 Å². The average molecular weight is 433 g/mol. The van der Waals surface area contributed by atoms with E-state index in [2.05, 4.69) is 16.0 Å². The number of carbonyl (C=O) groups excluding carboxylic acids is 3. The van der Waals surface area contributed by atoms with Gasteiger partial charge >= 0.3 is 5.97 Å². The maximum Gasteiger partial charge on any atom is 0.326 e. The predicted octanol–water partition coefficient (Wildman–Crippen LogP) is 0.328. The highest BCUT2D eigenvalue weighted by Gasteiger charge is 2.31. The van der Waals surface area contributed by atoms with Gasteiger partial charge in [-0.25, -0.2) is 4.79 Å². The summed E-state index contributed by atoms with van der Waals surface area (Å²) in [5.41, 5.74) is 5.86. The summed E-state index contributed by atoms with van der Waals surface area (Å²) in [4.78, 5) is 48.6. The Morgan fingerprint density at radius 1 is 0.966 bits per heavy atom. The summed E-state index contributed by atoms with van der Waals surface area (Å²) in [5.74, 6) is -2.35. The van der Waals surface area contributed by atoms with Crippen molar-refractivity contribution < 1.29 is 24.3 Å². The van der Waals surface area contributed by atoms with E-state index < -0.39 is 47.9 Å². The lowest BCUT2D eigenvalue weighted by Crippen LogP contribution is -2.58. The molecule has 10 heteroatoms. The molecule has 0 saturated carbocycles. The molecule has 3 amide bonds. The van der Waals surface area contributed by atoms with Crippen molar-refractivity contribution in [1.82, 2.24) is 16.0 Å². The molecule has 0 aliphatic rings. The van der Waals surface area contributed by atoms with Gasteiger partial charge in [-0.1, -0.05) is 34.1 Å². The van der Waals surface area contributed by atoms with Gasteiger partial charge in [0.2, 0.25) is 17.7 Å². The molecule has 0 fully saturated rings. The van der Waals surface area contributed by atoms with Crippen LogP contribution in [0, 0.1) is 11.8 Å². The Balaban J connectivity index is 5.07. The minimum Gasteiger partial charge on any atom is -0.480 e. The smallest absolute Gasteiger partial charge is 0.326 e. The molecule has 0 aliphatic heterocycles. The first-order valence-corrected chi connectivity index (χ1v) is 11.2. The Bertz CT molecular complexity index is 573. The second-order valence-electron chi connectivity index (χ2n) is 7.55. The summed E-state index contributed by atoms with van der Waals surface area (Å²) in [6, 6.07) is -3.58. The average Bonchev–Trinajstić information content (AvgIpc) is 2.66. The zero-order valence-corrected chi connectivity index (χ0v) is 19.0. The van der Waals surface area contributed by atoms with Gasteiger partial charge in [-0.15, -0.1) is 0 Å². The Morgan fingerprint density at radius 2 is 1.55 bits per heavy atom. The van der Waals surface area contributed by atoms with Crippen LogP contribution in [0.3, 0.4) is 0 Å². The van der Waals surface area contributed by atoms with E-state index in [0.717, 1.165) is 0 Å². The molecule has 5 atom stereocenters. The quantitative estimate of drug-likeness (QED) is 0.281. The molecule has 29 heavy (non-hydrogen) atoms. The van der Waals surface area contributed by atoms with Crippen LogP contribution in [0.2, 0.25) is 0 Å². The summed E-state index contributed by atoms with van der Waals surface area (Å²) in [6.45, 7) is 8.80. The van der Waals surface area contributed by atoms with Crippen molar-refractivity contribution in [2.45, 2.75) is 71.6 Å². The second-order valence-corrected chi connectivity index (χ2v) is 8.54. The normalized spacial score (nSPS) is 16.3. The molecule has 168 valence electrons. The van der Waals surface area contributed by atoms with Crippen LogP contribution in [0.15, 0.2) is 0 Å². The largest absolute Gasteiger partial charge is 0.480 e. The highest BCUT2D eigenvalue weighted by Crippen LogP contribution is 2.10. The molecule has 5 unspecified atom stereocenters. The first-order valence-electron chi connectivity index (χ1n) is 9.84. The lowest BCUT2D eigenvalue weighted by atomic mass is 9.96. The second kappa shape index (κ2) is 13.4. The number of carboxylic acid groups (broad SMARTS) is 1. The van der Waals surface area contributed by atoms with Crippen molar-refractivity contribution in [1.29, 1.82) is 0 Å². The third-order valence-electron chi connectivity index (χ3n) is 4.79. The summed E-state index contributed by atoms with van der Waals surface area (Å²) in [6.07, 6.45) is 2.76. The van der Waals surface area contributed by atoms with Gasteiger partial charge in [0, 0.05) is 0 Å². The zero-order chi connectivity index (χ0) is 22.7. The summed E-state index contributed by atoms with van der Waals surface area (Å²) < 4.78 is 0. The number of nitrogens with one attached hydrogen (secondary N) is 3. The van der Waals surface area contributed by atoms with Gasteiger partial charge in [0.15, 0.2) is 0 Å². The SMILES string of the molecule is CCC(C)C(NC(=O)C(N)C(C)C)C(=O)NC(C)C(=O)NC(CCSC)C(=O)O. The van der Waals surface area contributed by atoms with E-state index >= 15 is 0 Å². The number of hydrogen-bond donors (Lipinski definition) is 5. The minimum absolute atomic E-state index is 0.0884.